The highest BCUT2D eigenvalue weighted by atomic mass is 79.9. The maximum absolute atomic E-state index is 14.0. The quantitative estimate of drug-likeness (QED) is 0.285. The number of carbonyl (C=O) groups excluding carboxylic acids is 3. The molecular formula is C28H20Br2N2O4. The molecule has 3 aromatic carbocycles. The van der Waals surface area contributed by atoms with Crippen LogP contribution < -0.4 is 9.64 Å². The standard InChI is InChI=1S/C28H20Br2N2O4/c1-36-21-11-6-16(14-20(21)30)26(33)25-23-22(24-19-5-3-2-4-15(19)12-13-31(24)25)27(34)32(28(23)35)18-9-7-17(29)8-10-18/h2-14,22-25H,1H3/t22-,23+,24+,25-/m1/s1. The average molecular weight is 608 g/mol. The summed E-state index contributed by atoms with van der Waals surface area (Å²) in [5, 5.41) is 0. The average Bonchev–Trinajstić information content (AvgIpc) is 3.36. The van der Waals surface area contributed by atoms with Crippen molar-refractivity contribution in [3.8, 4) is 5.75 Å². The second-order valence-electron chi connectivity index (χ2n) is 9.03. The summed E-state index contributed by atoms with van der Waals surface area (Å²) >= 11 is 6.87. The number of methoxy groups -OCH3 is 1. The molecule has 4 atom stereocenters. The fourth-order valence-electron chi connectivity index (χ4n) is 5.69. The minimum Gasteiger partial charge on any atom is -0.496 e. The van der Waals surface area contributed by atoms with Gasteiger partial charge in [-0.3, -0.25) is 14.4 Å². The number of Topliss-reactive ketones (excluding diaryl/α,β-unsaturated/α-hetero) is 1. The third-order valence-electron chi connectivity index (χ3n) is 7.25. The Morgan fingerprint density at radius 1 is 0.917 bits per heavy atom. The molecule has 8 heteroatoms. The third kappa shape index (κ3) is 3.38. The zero-order chi connectivity index (χ0) is 25.1. The van der Waals surface area contributed by atoms with E-state index in [9.17, 15) is 14.4 Å². The summed E-state index contributed by atoms with van der Waals surface area (Å²) in [6, 6.07) is 18.8. The smallest absolute Gasteiger partial charge is 0.240 e. The van der Waals surface area contributed by atoms with Crippen LogP contribution in [0.5, 0.6) is 5.75 Å². The number of ketones is 1. The number of halogens is 2. The van der Waals surface area contributed by atoms with Crippen LogP contribution in [0.15, 0.2) is 81.9 Å². The van der Waals surface area contributed by atoms with Crippen LogP contribution in [0.2, 0.25) is 0 Å². The van der Waals surface area contributed by atoms with E-state index in [1.165, 1.54) is 4.90 Å². The molecule has 2 fully saturated rings. The Hall–Kier alpha value is -3.23. The Kier molecular flexibility index (Phi) is 5.61. The Morgan fingerprint density at radius 3 is 2.36 bits per heavy atom. The van der Waals surface area contributed by atoms with Crippen LogP contribution in [-0.4, -0.2) is 35.6 Å². The van der Waals surface area contributed by atoms with Crippen LogP contribution >= 0.6 is 31.9 Å². The van der Waals surface area contributed by atoms with E-state index in [0.29, 0.717) is 21.5 Å². The largest absolute Gasteiger partial charge is 0.496 e. The molecule has 0 N–H and O–H groups in total. The van der Waals surface area contributed by atoms with E-state index in [1.807, 2.05) is 41.4 Å². The van der Waals surface area contributed by atoms with Crippen LogP contribution in [-0.2, 0) is 9.59 Å². The number of ether oxygens (including phenoxy) is 1. The predicted octanol–water partition coefficient (Wildman–Crippen LogP) is 5.62. The molecule has 180 valence electrons. The fourth-order valence-corrected chi connectivity index (χ4v) is 6.50. The van der Waals surface area contributed by atoms with Gasteiger partial charge in [0.25, 0.3) is 0 Å². The van der Waals surface area contributed by atoms with E-state index in [1.54, 1.807) is 49.6 Å². The van der Waals surface area contributed by atoms with E-state index >= 15 is 0 Å². The van der Waals surface area contributed by atoms with Crippen molar-refractivity contribution in [1.29, 1.82) is 0 Å². The molecule has 0 aliphatic carbocycles. The monoisotopic (exact) mass is 606 g/mol. The Balaban J connectivity index is 1.48. The number of nitrogens with zero attached hydrogens (tertiary/aromatic N) is 2. The zero-order valence-electron chi connectivity index (χ0n) is 19.1. The van der Waals surface area contributed by atoms with Gasteiger partial charge in [-0.1, -0.05) is 40.2 Å². The number of rotatable bonds is 4. The van der Waals surface area contributed by atoms with Crippen molar-refractivity contribution < 1.29 is 19.1 Å². The second kappa shape index (κ2) is 8.71. The summed E-state index contributed by atoms with van der Waals surface area (Å²) in [5.41, 5.74) is 2.88. The number of hydrogen-bond donors (Lipinski definition) is 0. The highest BCUT2D eigenvalue weighted by Gasteiger charge is 2.64. The molecule has 0 aromatic heterocycles. The van der Waals surface area contributed by atoms with Crippen molar-refractivity contribution in [1.82, 2.24) is 4.90 Å². The first-order valence-corrected chi connectivity index (χ1v) is 13.0. The van der Waals surface area contributed by atoms with Crippen LogP contribution in [0.4, 0.5) is 5.69 Å². The van der Waals surface area contributed by atoms with Crippen molar-refractivity contribution in [2.45, 2.75) is 12.1 Å². The molecule has 2 saturated heterocycles. The highest BCUT2D eigenvalue weighted by molar-refractivity contribution is 9.10. The number of amides is 2. The first-order valence-electron chi connectivity index (χ1n) is 11.5. The van der Waals surface area contributed by atoms with Crippen LogP contribution in [0.1, 0.15) is 27.5 Å². The summed E-state index contributed by atoms with van der Waals surface area (Å²) < 4.78 is 6.81. The molecule has 0 saturated carbocycles. The maximum Gasteiger partial charge on any atom is 0.240 e. The minimum atomic E-state index is -0.818. The molecular weight excluding hydrogens is 588 g/mol. The first-order chi connectivity index (χ1) is 17.4. The first kappa shape index (κ1) is 23.2. The zero-order valence-corrected chi connectivity index (χ0v) is 22.3. The number of hydrogen-bond acceptors (Lipinski definition) is 5. The van der Waals surface area contributed by atoms with Gasteiger partial charge in [-0.25, -0.2) is 4.90 Å². The number of anilines is 1. The molecule has 0 bridgehead atoms. The summed E-state index contributed by atoms with van der Waals surface area (Å²) in [6.45, 7) is 0. The molecule has 36 heavy (non-hydrogen) atoms. The molecule has 0 unspecified atom stereocenters. The molecule has 3 aromatic rings. The van der Waals surface area contributed by atoms with Crippen LogP contribution in [0.25, 0.3) is 6.08 Å². The van der Waals surface area contributed by atoms with Crippen LogP contribution in [0.3, 0.4) is 0 Å². The molecule has 0 spiro atoms. The maximum atomic E-state index is 14.0. The number of fused-ring (bicyclic) bond motifs is 5. The lowest BCUT2D eigenvalue weighted by Gasteiger charge is -2.35. The highest BCUT2D eigenvalue weighted by Crippen LogP contribution is 2.53. The lowest BCUT2D eigenvalue weighted by Crippen LogP contribution is -2.44. The van der Waals surface area contributed by atoms with Gasteiger partial charge in [0, 0.05) is 16.2 Å². The summed E-state index contributed by atoms with van der Waals surface area (Å²) in [7, 11) is 1.56. The van der Waals surface area contributed by atoms with Gasteiger partial charge in [-0.15, -0.1) is 0 Å². The van der Waals surface area contributed by atoms with Gasteiger partial charge < -0.3 is 9.64 Å². The van der Waals surface area contributed by atoms with Gasteiger partial charge in [-0.2, -0.15) is 0 Å². The molecule has 6 rings (SSSR count). The van der Waals surface area contributed by atoms with Crippen molar-refractivity contribution in [2.75, 3.05) is 12.0 Å². The normalized spacial score (nSPS) is 24.0. The number of benzene rings is 3. The molecule has 2 amide bonds. The molecule has 6 nitrogen and oxygen atoms in total. The summed E-state index contributed by atoms with van der Waals surface area (Å²) in [4.78, 5) is 45.0. The fraction of sp³-hybridized carbons (Fsp3) is 0.179. The van der Waals surface area contributed by atoms with Crippen molar-refractivity contribution in [3.63, 3.8) is 0 Å². The van der Waals surface area contributed by atoms with Gasteiger partial charge in [0.05, 0.1) is 35.1 Å². The second-order valence-corrected chi connectivity index (χ2v) is 10.8. The molecule has 3 heterocycles. The minimum absolute atomic E-state index is 0.210. The van der Waals surface area contributed by atoms with Crippen molar-refractivity contribution in [2.24, 2.45) is 11.8 Å². The Bertz CT molecular complexity index is 1450. The van der Waals surface area contributed by atoms with Gasteiger partial charge in [0.1, 0.15) is 11.8 Å². The van der Waals surface area contributed by atoms with Gasteiger partial charge in [-0.05, 0) is 75.6 Å². The molecule has 3 aliphatic rings. The third-order valence-corrected chi connectivity index (χ3v) is 8.40. The Labute approximate surface area is 224 Å². The lowest BCUT2D eigenvalue weighted by atomic mass is 9.83. The van der Waals surface area contributed by atoms with E-state index in [2.05, 4.69) is 31.9 Å². The SMILES string of the molecule is COc1ccc(C(=O)[C@H]2[C@H]3C(=O)N(c4ccc(Br)cc4)C(=O)[C@H]3[C@@H]3c4ccccc4C=CN23)cc1Br. The Morgan fingerprint density at radius 2 is 1.64 bits per heavy atom. The molecule has 3 aliphatic heterocycles. The predicted molar refractivity (Wildman–Crippen MR) is 142 cm³/mol. The summed E-state index contributed by atoms with van der Waals surface area (Å²) in [6.07, 6.45) is 3.80. The number of carbonyl (C=O) groups is 3. The van der Waals surface area contributed by atoms with E-state index in [4.69, 9.17) is 4.74 Å². The summed E-state index contributed by atoms with van der Waals surface area (Å²) in [5.74, 6) is -1.72. The number of imide groups is 1. The molecule has 0 radical (unpaired) electrons. The van der Waals surface area contributed by atoms with E-state index in [0.717, 1.165) is 15.6 Å². The van der Waals surface area contributed by atoms with Gasteiger partial charge >= 0.3 is 0 Å². The lowest BCUT2D eigenvalue weighted by molar-refractivity contribution is -0.123. The van der Waals surface area contributed by atoms with Gasteiger partial charge in [0.15, 0.2) is 5.78 Å². The van der Waals surface area contributed by atoms with E-state index < -0.39 is 23.9 Å². The topological polar surface area (TPSA) is 66.9 Å². The van der Waals surface area contributed by atoms with E-state index in [-0.39, 0.29) is 17.6 Å². The van der Waals surface area contributed by atoms with Crippen molar-refractivity contribution >= 4 is 61.2 Å². The van der Waals surface area contributed by atoms with Crippen molar-refractivity contribution in [3.05, 3.63) is 98.6 Å². The van der Waals surface area contributed by atoms with Gasteiger partial charge in [0.2, 0.25) is 11.8 Å². The van der Waals surface area contributed by atoms with Crippen LogP contribution in [0, 0.1) is 11.8 Å².